The third-order valence-corrected chi connectivity index (χ3v) is 6.35. The number of hydrogen-bond donors (Lipinski definition) is 0. The number of unbranched alkanes of at least 4 members (excludes halogenated alkanes) is 1. The van der Waals surface area contributed by atoms with Gasteiger partial charge in [-0.1, -0.05) is 47.0 Å². The van der Waals surface area contributed by atoms with E-state index in [-0.39, 0.29) is 0 Å². The molecule has 0 saturated heterocycles. The summed E-state index contributed by atoms with van der Waals surface area (Å²) in [5, 5.41) is 0. The molecule has 0 heterocycles. The summed E-state index contributed by atoms with van der Waals surface area (Å²) >= 11 is 0. The van der Waals surface area contributed by atoms with Crippen LogP contribution in [0.5, 0.6) is 11.5 Å². The Morgan fingerprint density at radius 2 is 1.29 bits per heavy atom. The molecule has 0 radical (unpaired) electrons. The van der Waals surface area contributed by atoms with E-state index in [2.05, 4.69) is 39.8 Å². The van der Waals surface area contributed by atoms with Gasteiger partial charge in [-0.3, -0.25) is 0 Å². The first-order valence-electron chi connectivity index (χ1n) is 12.1. The van der Waals surface area contributed by atoms with Crippen molar-refractivity contribution in [1.29, 1.82) is 0 Å². The Hall–Kier alpha value is -0.870. The molecule has 1 aromatic rings. The van der Waals surface area contributed by atoms with Crippen molar-refractivity contribution in [3.05, 3.63) is 23.3 Å². The van der Waals surface area contributed by atoms with Gasteiger partial charge in [0, 0.05) is 0 Å². The monoisotopic (exact) mass is 458 g/mol. The van der Waals surface area contributed by atoms with Crippen LogP contribution in [0.3, 0.4) is 0 Å². The highest BCUT2D eigenvalue weighted by atomic mass is 31.2. The molecule has 0 aliphatic heterocycles. The molecule has 0 aromatic heterocycles. The number of benzene rings is 1. The van der Waals surface area contributed by atoms with Crippen LogP contribution in [-0.4, -0.2) is 33.5 Å². The van der Waals surface area contributed by atoms with Gasteiger partial charge in [-0.25, -0.2) is 0 Å². The van der Waals surface area contributed by atoms with E-state index in [1.165, 1.54) is 36.8 Å². The molecule has 0 amide bonds. The van der Waals surface area contributed by atoms with Gasteiger partial charge in [0.05, 0.1) is 33.5 Å². The van der Waals surface area contributed by atoms with Gasteiger partial charge in [0.25, 0.3) is 0 Å². The molecule has 1 rings (SSSR count). The van der Waals surface area contributed by atoms with Crippen molar-refractivity contribution in [3.63, 3.8) is 0 Å². The van der Waals surface area contributed by atoms with Gasteiger partial charge < -0.3 is 23.0 Å². The first kappa shape index (κ1) is 30.1. The average Bonchev–Trinajstić information content (AvgIpc) is 2.79. The Bertz CT molecular complexity index is 539. The fraction of sp³-hybridized carbons (Fsp3) is 0.760. The van der Waals surface area contributed by atoms with E-state index in [4.69, 9.17) is 23.0 Å². The Balaban J connectivity index is 0.000000759. The van der Waals surface area contributed by atoms with Crippen molar-refractivity contribution in [2.45, 2.75) is 87.0 Å². The summed E-state index contributed by atoms with van der Waals surface area (Å²) in [7, 11) is 0.681. The molecule has 1 unspecified atom stereocenters. The molecule has 31 heavy (non-hydrogen) atoms. The Morgan fingerprint density at radius 1 is 0.774 bits per heavy atom. The molecular formula is C25H47O5P. The lowest BCUT2D eigenvalue weighted by atomic mass is 10.0. The molecule has 0 bridgehead atoms. The number of methoxy groups -OCH3 is 1. The number of hydrogen-bond acceptors (Lipinski definition) is 5. The van der Waals surface area contributed by atoms with Gasteiger partial charge in [-0.15, -0.1) is 0 Å². The minimum Gasteiger partial charge on any atom is -0.496 e. The fourth-order valence-corrected chi connectivity index (χ4v) is 3.91. The summed E-state index contributed by atoms with van der Waals surface area (Å²) in [5.74, 6) is 2.70. The van der Waals surface area contributed by atoms with E-state index in [9.17, 15) is 0 Å². The van der Waals surface area contributed by atoms with E-state index in [0.29, 0.717) is 25.7 Å². The SMILES string of the molecule is CCCCC(CC)COc1cc(CC)c(OC)cc1CC.CCOP(OCC)OCC. The molecule has 0 N–H and O–H groups in total. The molecule has 6 heteroatoms. The molecule has 182 valence electrons. The summed E-state index contributed by atoms with van der Waals surface area (Å²) in [5.41, 5.74) is 2.47. The number of aryl methyl sites for hydroxylation is 2. The summed E-state index contributed by atoms with van der Waals surface area (Å²) < 4.78 is 27.1. The van der Waals surface area contributed by atoms with Crippen molar-refractivity contribution in [2.24, 2.45) is 5.92 Å². The van der Waals surface area contributed by atoms with Crippen LogP contribution in [0, 0.1) is 5.92 Å². The normalized spacial score (nSPS) is 11.8. The van der Waals surface area contributed by atoms with Gasteiger partial charge in [-0.2, -0.15) is 0 Å². The summed E-state index contributed by atoms with van der Waals surface area (Å²) in [6, 6.07) is 4.31. The topological polar surface area (TPSA) is 46.2 Å². The number of ether oxygens (including phenoxy) is 2. The third kappa shape index (κ3) is 12.7. The fourth-order valence-electron chi connectivity index (χ4n) is 3.05. The maximum absolute atomic E-state index is 6.16. The third-order valence-electron chi connectivity index (χ3n) is 4.95. The zero-order valence-corrected chi connectivity index (χ0v) is 22.2. The average molecular weight is 459 g/mol. The van der Waals surface area contributed by atoms with Crippen molar-refractivity contribution in [1.82, 2.24) is 0 Å². The highest BCUT2D eigenvalue weighted by molar-refractivity contribution is 7.41. The van der Waals surface area contributed by atoms with Gasteiger partial charge in [0.2, 0.25) is 0 Å². The van der Waals surface area contributed by atoms with E-state index in [1.807, 2.05) is 20.8 Å². The lowest BCUT2D eigenvalue weighted by Crippen LogP contribution is -2.12. The van der Waals surface area contributed by atoms with Gasteiger partial charge in [0.15, 0.2) is 0 Å². The lowest BCUT2D eigenvalue weighted by Gasteiger charge is -2.19. The predicted octanol–water partition coefficient (Wildman–Crippen LogP) is 7.74. The van der Waals surface area contributed by atoms with Crippen LogP contribution in [0.4, 0.5) is 0 Å². The Kier molecular flexibility index (Phi) is 19.2. The molecule has 0 spiro atoms. The van der Waals surface area contributed by atoms with Crippen LogP contribution in [0.15, 0.2) is 12.1 Å². The van der Waals surface area contributed by atoms with Crippen LogP contribution in [0.25, 0.3) is 0 Å². The Labute approximate surface area is 193 Å². The van der Waals surface area contributed by atoms with Crippen LogP contribution in [0.2, 0.25) is 0 Å². The lowest BCUT2D eigenvalue weighted by molar-refractivity contribution is 0.176. The summed E-state index contributed by atoms with van der Waals surface area (Å²) in [6.07, 6.45) is 6.96. The molecule has 0 aliphatic rings. The highest BCUT2D eigenvalue weighted by Crippen LogP contribution is 2.38. The van der Waals surface area contributed by atoms with Gasteiger partial charge >= 0.3 is 8.60 Å². The van der Waals surface area contributed by atoms with E-state index in [1.54, 1.807) is 7.11 Å². The highest BCUT2D eigenvalue weighted by Gasteiger charge is 2.12. The second-order valence-corrected chi connectivity index (χ2v) is 8.41. The standard InChI is InChI=1S/C19H32O2.C6H15O3P/c1-6-10-11-15(7-2)14-21-19-13-16(8-3)18(20-5)12-17(19)9-4;1-4-7-10(8-5-2)9-6-3/h12-13,15H,6-11,14H2,1-5H3;4-6H2,1-3H3. The zero-order valence-electron chi connectivity index (χ0n) is 21.3. The second-order valence-electron chi connectivity index (χ2n) is 7.18. The quantitative estimate of drug-likeness (QED) is 0.237. The maximum Gasteiger partial charge on any atom is 0.332 e. The minimum absolute atomic E-state index is 0.645. The summed E-state index contributed by atoms with van der Waals surface area (Å²) in [4.78, 5) is 0. The van der Waals surface area contributed by atoms with Gasteiger partial charge in [0.1, 0.15) is 11.5 Å². The smallest absolute Gasteiger partial charge is 0.332 e. The molecule has 0 aliphatic carbocycles. The van der Waals surface area contributed by atoms with E-state index >= 15 is 0 Å². The van der Waals surface area contributed by atoms with Crippen LogP contribution in [0.1, 0.15) is 85.3 Å². The van der Waals surface area contributed by atoms with Crippen molar-refractivity contribution in [2.75, 3.05) is 33.5 Å². The Morgan fingerprint density at radius 3 is 1.71 bits per heavy atom. The first-order valence-corrected chi connectivity index (χ1v) is 13.2. The van der Waals surface area contributed by atoms with E-state index in [0.717, 1.165) is 30.9 Å². The molecule has 1 aromatic carbocycles. The predicted molar refractivity (Wildman–Crippen MR) is 132 cm³/mol. The molecule has 1 atom stereocenters. The van der Waals surface area contributed by atoms with Crippen LogP contribution in [-0.2, 0) is 26.4 Å². The van der Waals surface area contributed by atoms with Crippen LogP contribution >= 0.6 is 8.60 Å². The second kappa shape index (κ2) is 19.8. The number of rotatable bonds is 16. The summed E-state index contributed by atoms with van der Waals surface area (Å²) in [6.45, 7) is 17.4. The minimum atomic E-state index is -1.06. The molecule has 0 fully saturated rings. The first-order chi connectivity index (χ1) is 15.0. The van der Waals surface area contributed by atoms with Crippen molar-refractivity contribution < 1.29 is 23.0 Å². The maximum atomic E-state index is 6.16. The van der Waals surface area contributed by atoms with Crippen molar-refractivity contribution in [3.8, 4) is 11.5 Å². The van der Waals surface area contributed by atoms with Gasteiger partial charge in [-0.05, 0) is 69.2 Å². The van der Waals surface area contributed by atoms with E-state index < -0.39 is 8.60 Å². The molecular weight excluding hydrogens is 411 g/mol. The van der Waals surface area contributed by atoms with Crippen LogP contribution < -0.4 is 9.47 Å². The zero-order chi connectivity index (χ0) is 23.5. The largest absolute Gasteiger partial charge is 0.496 e. The van der Waals surface area contributed by atoms with Crippen molar-refractivity contribution >= 4 is 8.60 Å². The molecule has 5 nitrogen and oxygen atoms in total. The molecule has 0 saturated carbocycles.